The number of carboxylic acid groups (broad SMARTS) is 1. The molecule has 2 aliphatic rings. The van der Waals surface area contributed by atoms with Gasteiger partial charge < -0.3 is 20.2 Å². The maximum absolute atomic E-state index is 11.9. The summed E-state index contributed by atoms with van der Waals surface area (Å²) in [6.45, 7) is 2.31. The highest BCUT2D eigenvalue weighted by molar-refractivity contribution is 6.31. The number of carbonyl (C=O) groups is 1. The number of carboxylic acids is 1. The molecule has 30 heavy (non-hydrogen) atoms. The number of phenolic OH excluding ortho intramolecular Hbond substituents is 1. The number of hydrogen-bond acceptors (Lipinski definition) is 4. The van der Waals surface area contributed by atoms with Crippen molar-refractivity contribution in [3.8, 4) is 5.75 Å². The molecule has 1 fully saturated rings. The molecular formula is C24H28ClNO4. The summed E-state index contributed by atoms with van der Waals surface area (Å²) >= 11 is 6.21. The molecule has 5 nitrogen and oxygen atoms in total. The first kappa shape index (κ1) is 21.2. The second kappa shape index (κ2) is 8.58. The molecular weight excluding hydrogens is 402 g/mol. The number of aliphatic hydroxyl groups excluding tert-OH is 1. The molecule has 0 saturated carbocycles. The van der Waals surface area contributed by atoms with Gasteiger partial charge in [-0.15, -0.1) is 0 Å². The van der Waals surface area contributed by atoms with Gasteiger partial charge in [0.05, 0.1) is 5.92 Å². The summed E-state index contributed by atoms with van der Waals surface area (Å²) in [6.07, 6.45) is 3.21. The molecule has 0 amide bonds. The normalized spacial score (nSPS) is 21.5. The number of likely N-dealkylation sites (tertiary alicyclic amines) is 1. The Morgan fingerprint density at radius 1 is 1.20 bits per heavy atom. The lowest BCUT2D eigenvalue weighted by atomic mass is 9.73. The molecule has 160 valence electrons. The van der Waals surface area contributed by atoms with E-state index in [-0.39, 0.29) is 23.7 Å². The van der Waals surface area contributed by atoms with Crippen LogP contribution in [0.4, 0.5) is 0 Å². The van der Waals surface area contributed by atoms with Crippen LogP contribution in [0.5, 0.6) is 5.75 Å². The van der Waals surface area contributed by atoms with E-state index in [1.165, 1.54) is 17.2 Å². The number of halogens is 1. The summed E-state index contributed by atoms with van der Waals surface area (Å²) in [5, 5.41) is 29.8. The van der Waals surface area contributed by atoms with Crippen LogP contribution in [-0.4, -0.2) is 52.4 Å². The van der Waals surface area contributed by atoms with Crippen LogP contribution in [0.25, 0.3) is 0 Å². The zero-order valence-electron chi connectivity index (χ0n) is 16.9. The Morgan fingerprint density at radius 3 is 2.63 bits per heavy atom. The van der Waals surface area contributed by atoms with Gasteiger partial charge in [-0.25, -0.2) is 0 Å². The second-order valence-corrected chi connectivity index (χ2v) is 9.17. The summed E-state index contributed by atoms with van der Waals surface area (Å²) in [7, 11) is 0. The van der Waals surface area contributed by atoms with E-state index >= 15 is 0 Å². The molecule has 0 radical (unpaired) electrons. The molecule has 3 N–H and O–H groups in total. The Bertz CT molecular complexity index is 923. The van der Waals surface area contributed by atoms with Crippen molar-refractivity contribution >= 4 is 17.6 Å². The molecule has 1 heterocycles. The van der Waals surface area contributed by atoms with Gasteiger partial charge in [0.15, 0.2) is 0 Å². The minimum absolute atomic E-state index is 0.0910. The molecule has 2 aromatic rings. The first-order valence-corrected chi connectivity index (χ1v) is 10.9. The molecule has 2 unspecified atom stereocenters. The van der Waals surface area contributed by atoms with Crippen molar-refractivity contribution in [3.63, 3.8) is 0 Å². The van der Waals surface area contributed by atoms with Gasteiger partial charge in [0.25, 0.3) is 0 Å². The van der Waals surface area contributed by atoms with Gasteiger partial charge in [0.1, 0.15) is 5.75 Å². The number of aliphatic carboxylic acids is 1. The quantitative estimate of drug-likeness (QED) is 0.650. The van der Waals surface area contributed by atoms with Crippen LogP contribution in [-0.2, 0) is 16.6 Å². The summed E-state index contributed by atoms with van der Waals surface area (Å²) in [5.74, 6) is -1.13. The molecule has 6 heteroatoms. The maximum atomic E-state index is 11.9. The van der Waals surface area contributed by atoms with E-state index in [1.807, 2.05) is 6.07 Å². The fourth-order valence-electron chi connectivity index (χ4n) is 5.35. The van der Waals surface area contributed by atoms with E-state index < -0.39 is 11.9 Å². The van der Waals surface area contributed by atoms with Crippen LogP contribution < -0.4 is 0 Å². The first-order valence-electron chi connectivity index (χ1n) is 10.5. The lowest BCUT2D eigenvalue weighted by Gasteiger charge is -2.41. The Balaban J connectivity index is 1.44. The number of fused-ring (bicyclic) bond motifs is 2. The van der Waals surface area contributed by atoms with Crippen molar-refractivity contribution in [2.24, 2.45) is 5.92 Å². The number of hydrogen-bond donors (Lipinski definition) is 3. The van der Waals surface area contributed by atoms with E-state index in [1.54, 1.807) is 12.1 Å². The topological polar surface area (TPSA) is 81.0 Å². The Kier molecular flexibility index (Phi) is 6.05. The predicted octanol–water partition coefficient (Wildman–Crippen LogP) is 3.80. The Morgan fingerprint density at radius 2 is 1.93 bits per heavy atom. The lowest BCUT2D eigenvalue weighted by molar-refractivity contribution is -0.142. The zero-order valence-corrected chi connectivity index (χ0v) is 17.7. The average molecular weight is 430 g/mol. The zero-order chi connectivity index (χ0) is 21.3. The smallest absolute Gasteiger partial charge is 0.308 e. The van der Waals surface area contributed by atoms with Crippen LogP contribution in [0.2, 0.25) is 5.02 Å². The van der Waals surface area contributed by atoms with Gasteiger partial charge >= 0.3 is 5.97 Å². The molecule has 2 atom stereocenters. The van der Waals surface area contributed by atoms with E-state index in [0.717, 1.165) is 32.4 Å². The number of aliphatic hydroxyl groups is 1. The molecule has 0 aromatic heterocycles. The summed E-state index contributed by atoms with van der Waals surface area (Å²) < 4.78 is 0. The van der Waals surface area contributed by atoms with Crippen LogP contribution in [0.1, 0.15) is 41.9 Å². The maximum Gasteiger partial charge on any atom is 0.308 e. The van der Waals surface area contributed by atoms with Crippen molar-refractivity contribution in [2.45, 2.75) is 37.0 Å². The number of aromatic hydroxyl groups is 1. The largest absolute Gasteiger partial charge is 0.508 e. The Hall–Kier alpha value is -2.08. The van der Waals surface area contributed by atoms with Crippen molar-refractivity contribution in [1.29, 1.82) is 0 Å². The standard InChI is InChI=1S/C24H28ClNO4/c25-22-6-5-19(28)12-16(22)11-17(23(29)30)14-26-9-7-24(8-10-26)13-18(15-27)20-3-1-2-4-21(20)24/h1-6,12,17-18,27-28H,7-11,13-15H2,(H,29,30). The minimum atomic E-state index is -0.846. The van der Waals surface area contributed by atoms with Gasteiger partial charge in [0.2, 0.25) is 0 Å². The van der Waals surface area contributed by atoms with Gasteiger partial charge in [0, 0.05) is 24.1 Å². The SMILES string of the molecule is O=C(O)C(Cc1cc(O)ccc1Cl)CN1CCC2(CC1)CC(CO)c1ccccc12. The summed E-state index contributed by atoms with van der Waals surface area (Å²) in [6, 6.07) is 13.1. The third kappa shape index (κ3) is 4.07. The fourth-order valence-corrected chi connectivity index (χ4v) is 5.55. The highest BCUT2D eigenvalue weighted by Gasteiger charge is 2.45. The van der Waals surface area contributed by atoms with Gasteiger partial charge in [-0.1, -0.05) is 35.9 Å². The van der Waals surface area contributed by atoms with Crippen LogP contribution in [0, 0.1) is 5.92 Å². The van der Waals surface area contributed by atoms with Crippen LogP contribution in [0.15, 0.2) is 42.5 Å². The average Bonchev–Trinajstić information content (AvgIpc) is 3.05. The fraction of sp³-hybridized carbons (Fsp3) is 0.458. The highest BCUT2D eigenvalue weighted by Crippen LogP contribution is 2.51. The monoisotopic (exact) mass is 429 g/mol. The summed E-state index contributed by atoms with van der Waals surface area (Å²) in [5.41, 5.74) is 3.39. The molecule has 2 aromatic carbocycles. The molecule has 4 rings (SSSR count). The molecule has 1 spiro atoms. The van der Waals surface area contributed by atoms with Gasteiger partial charge in [-0.3, -0.25) is 4.79 Å². The van der Waals surface area contributed by atoms with Crippen molar-refractivity contribution in [2.75, 3.05) is 26.2 Å². The predicted molar refractivity (Wildman–Crippen MR) is 116 cm³/mol. The van der Waals surface area contributed by atoms with Crippen molar-refractivity contribution in [3.05, 3.63) is 64.2 Å². The van der Waals surface area contributed by atoms with Crippen LogP contribution >= 0.6 is 11.6 Å². The van der Waals surface area contributed by atoms with Crippen molar-refractivity contribution in [1.82, 2.24) is 4.90 Å². The summed E-state index contributed by atoms with van der Waals surface area (Å²) in [4.78, 5) is 14.1. The number of nitrogens with zero attached hydrogens (tertiary/aromatic N) is 1. The van der Waals surface area contributed by atoms with Crippen molar-refractivity contribution < 1.29 is 20.1 Å². The first-order chi connectivity index (χ1) is 14.4. The van der Waals surface area contributed by atoms with E-state index in [2.05, 4.69) is 23.1 Å². The molecule has 1 aliphatic carbocycles. The van der Waals surface area contributed by atoms with E-state index in [0.29, 0.717) is 23.6 Å². The number of rotatable bonds is 6. The van der Waals surface area contributed by atoms with Crippen LogP contribution in [0.3, 0.4) is 0 Å². The third-order valence-electron chi connectivity index (χ3n) is 6.97. The molecule has 1 aliphatic heterocycles. The number of phenols is 1. The van der Waals surface area contributed by atoms with E-state index in [4.69, 9.17) is 11.6 Å². The van der Waals surface area contributed by atoms with E-state index in [9.17, 15) is 20.1 Å². The highest BCUT2D eigenvalue weighted by atomic mass is 35.5. The number of benzene rings is 2. The van der Waals surface area contributed by atoms with Gasteiger partial charge in [-0.05, 0) is 79.1 Å². The second-order valence-electron chi connectivity index (χ2n) is 8.77. The van der Waals surface area contributed by atoms with Gasteiger partial charge in [-0.2, -0.15) is 0 Å². The molecule has 0 bridgehead atoms. The molecule has 1 saturated heterocycles. The lowest BCUT2D eigenvalue weighted by Crippen LogP contribution is -2.44. The minimum Gasteiger partial charge on any atom is -0.508 e. The number of piperidine rings is 1. The Labute approximate surface area is 181 Å². The third-order valence-corrected chi connectivity index (χ3v) is 7.33.